The first-order valence-electron chi connectivity index (χ1n) is 4.61. The van der Waals surface area contributed by atoms with Crippen molar-refractivity contribution in [1.29, 1.82) is 0 Å². The third-order valence-corrected chi connectivity index (χ3v) is 2.13. The number of benzene rings is 1. The van der Waals surface area contributed by atoms with Crippen molar-refractivity contribution in [3.8, 4) is 0 Å². The van der Waals surface area contributed by atoms with E-state index in [0.29, 0.717) is 6.07 Å². The van der Waals surface area contributed by atoms with Gasteiger partial charge in [0.25, 0.3) is 0 Å². The molecular weight excluding hydrogens is 226 g/mol. The second kappa shape index (κ2) is 4.80. The van der Waals surface area contributed by atoms with Crippen molar-refractivity contribution >= 4 is 0 Å². The zero-order valence-electron chi connectivity index (χ0n) is 8.26. The van der Waals surface area contributed by atoms with Crippen LogP contribution in [0.2, 0.25) is 0 Å². The van der Waals surface area contributed by atoms with E-state index in [2.05, 4.69) is 0 Å². The first-order valence-corrected chi connectivity index (χ1v) is 4.61. The molecule has 0 saturated carbocycles. The van der Waals surface area contributed by atoms with Gasteiger partial charge in [0, 0.05) is 5.56 Å². The summed E-state index contributed by atoms with van der Waals surface area (Å²) < 4.78 is 50.4. The molecule has 3 N–H and O–H groups in total. The van der Waals surface area contributed by atoms with Gasteiger partial charge in [-0.3, -0.25) is 0 Å². The lowest BCUT2D eigenvalue weighted by Crippen LogP contribution is -2.13. The predicted octanol–water partition coefficient (Wildman–Crippen LogP) is 2.23. The maximum absolute atomic E-state index is 13.4. The molecule has 0 aliphatic rings. The van der Waals surface area contributed by atoms with E-state index in [9.17, 15) is 22.7 Å². The van der Waals surface area contributed by atoms with E-state index >= 15 is 0 Å². The minimum Gasteiger partial charge on any atom is -0.388 e. The van der Waals surface area contributed by atoms with Gasteiger partial charge < -0.3 is 10.8 Å². The van der Waals surface area contributed by atoms with Crippen molar-refractivity contribution in [2.45, 2.75) is 18.7 Å². The Labute approximate surface area is 89.7 Å². The van der Waals surface area contributed by atoms with Crippen LogP contribution in [0.25, 0.3) is 0 Å². The van der Waals surface area contributed by atoms with Gasteiger partial charge >= 0.3 is 6.18 Å². The Bertz CT molecular complexity index is 364. The van der Waals surface area contributed by atoms with Crippen LogP contribution in [-0.2, 0) is 6.18 Å². The number of alkyl halides is 3. The molecule has 0 bridgehead atoms. The molecule has 0 aromatic heterocycles. The van der Waals surface area contributed by atoms with E-state index in [4.69, 9.17) is 5.73 Å². The third kappa shape index (κ3) is 2.70. The summed E-state index contributed by atoms with van der Waals surface area (Å²) in [7, 11) is 0. The molecule has 0 aliphatic heterocycles. The Morgan fingerprint density at radius 2 is 1.94 bits per heavy atom. The fraction of sp³-hybridized carbons (Fsp3) is 0.400. The summed E-state index contributed by atoms with van der Waals surface area (Å²) in [5, 5.41) is 9.40. The Kier molecular flexibility index (Phi) is 3.88. The molecular formula is C10H11F4NO. The molecule has 16 heavy (non-hydrogen) atoms. The third-order valence-electron chi connectivity index (χ3n) is 2.13. The van der Waals surface area contributed by atoms with Gasteiger partial charge in [-0.05, 0) is 19.0 Å². The number of rotatable bonds is 3. The minimum atomic E-state index is -4.76. The molecule has 0 saturated heterocycles. The number of halogens is 4. The normalized spacial score (nSPS) is 13.9. The lowest BCUT2D eigenvalue weighted by atomic mass is 10.0. The van der Waals surface area contributed by atoms with Crippen molar-refractivity contribution in [2.24, 2.45) is 5.73 Å². The summed E-state index contributed by atoms with van der Waals surface area (Å²) in [4.78, 5) is 0. The Balaban J connectivity index is 3.14. The van der Waals surface area contributed by atoms with E-state index in [1.807, 2.05) is 0 Å². The van der Waals surface area contributed by atoms with Gasteiger partial charge in [-0.2, -0.15) is 13.2 Å². The van der Waals surface area contributed by atoms with Crippen LogP contribution < -0.4 is 5.73 Å². The second-order valence-corrected chi connectivity index (χ2v) is 3.30. The average molecular weight is 237 g/mol. The topological polar surface area (TPSA) is 46.2 Å². The molecule has 1 atom stereocenters. The van der Waals surface area contributed by atoms with Gasteiger partial charge in [0.1, 0.15) is 5.82 Å². The van der Waals surface area contributed by atoms with Crippen LogP contribution in [0.15, 0.2) is 18.2 Å². The zero-order valence-corrected chi connectivity index (χ0v) is 8.26. The number of hydrogen-bond donors (Lipinski definition) is 2. The first-order chi connectivity index (χ1) is 7.38. The van der Waals surface area contributed by atoms with Crippen LogP contribution in [-0.4, -0.2) is 11.7 Å². The number of nitrogens with two attached hydrogens (primary N) is 1. The Morgan fingerprint density at radius 3 is 2.44 bits per heavy atom. The average Bonchev–Trinajstić information content (AvgIpc) is 2.16. The molecule has 1 rings (SSSR count). The maximum Gasteiger partial charge on any atom is 0.419 e. The van der Waals surface area contributed by atoms with E-state index in [0.717, 1.165) is 12.1 Å². The minimum absolute atomic E-state index is 0.0121. The highest BCUT2D eigenvalue weighted by atomic mass is 19.4. The van der Waals surface area contributed by atoms with Gasteiger partial charge in [-0.25, -0.2) is 4.39 Å². The van der Waals surface area contributed by atoms with Crippen LogP contribution in [0, 0.1) is 5.82 Å². The summed E-state index contributed by atoms with van der Waals surface area (Å²) in [6.45, 7) is 0.0663. The summed E-state index contributed by atoms with van der Waals surface area (Å²) in [6.07, 6.45) is -6.06. The van der Waals surface area contributed by atoms with E-state index < -0.39 is 23.7 Å². The van der Waals surface area contributed by atoms with Crippen LogP contribution >= 0.6 is 0 Å². The monoisotopic (exact) mass is 237 g/mol. The summed E-state index contributed by atoms with van der Waals surface area (Å²) in [5.41, 5.74) is 3.39. The van der Waals surface area contributed by atoms with Gasteiger partial charge in [0.15, 0.2) is 0 Å². The fourth-order valence-corrected chi connectivity index (χ4v) is 1.34. The number of hydrogen-bond acceptors (Lipinski definition) is 2. The molecule has 0 heterocycles. The number of aliphatic hydroxyl groups excluding tert-OH is 1. The van der Waals surface area contributed by atoms with Crippen LogP contribution in [0.3, 0.4) is 0 Å². The van der Waals surface area contributed by atoms with Crippen LogP contribution in [0.1, 0.15) is 23.7 Å². The lowest BCUT2D eigenvalue weighted by molar-refractivity contribution is -0.140. The molecule has 0 aliphatic carbocycles. The summed E-state index contributed by atoms with van der Waals surface area (Å²) >= 11 is 0. The smallest absolute Gasteiger partial charge is 0.388 e. The van der Waals surface area contributed by atoms with Crippen molar-refractivity contribution in [1.82, 2.24) is 0 Å². The van der Waals surface area contributed by atoms with E-state index in [-0.39, 0.29) is 18.5 Å². The zero-order chi connectivity index (χ0) is 12.3. The van der Waals surface area contributed by atoms with Gasteiger partial charge in [-0.1, -0.05) is 12.1 Å². The summed E-state index contributed by atoms with van der Waals surface area (Å²) in [6, 6.07) is 2.81. The number of aliphatic hydroxyl groups is 1. The standard InChI is InChI=1S/C10H11F4NO/c11-9-6(8(16)4-5-15)2-1-3-7(9)10(12,13)14/h1-3,8,16H,4-5,15H2. The Hall–Kier alpha value is -1.14. The predicted molar refractivity (Wildman–Crippen MR) is 50.0 cm³/mol. The largest absolute Gasteiger partial charge is 0.419 e. The highest BCUT2D eigenvalue weighted by Gasteiger charge is 2.35. The molecule has 1 unspecified atom stereocenters. The lowest BCUT2D eigenvalue weighted by Gasteiger charge is -2.14. The first kappa shape index (κ1) is 12.9. The molecule has 90 valence electrons. The van der Waals surface area contributed by atoms with Gasteiger partial charge in [0.2, 0.25) is 0 Å². The molecule has 0 spiro atoms. The maximum atomic E-state index is 13.4. The van der Waals surface area contributed by atoms with Gasteiger partial charge in [0.05, 0.1) is 11.7 Å². The van der Waals surface area contributed by atoms with Crippen molar-refractivity contribution < 1.29 is 22.7 Å². The fourth-order valence-electron chi connectivity index (χ4n) is 1.34. The summed E-state index contributed by atoms with van der Waals surface area (Å²) in [5.74, 6) is -1.43. The molecule has 6 heteroatoms. The van der Waals surface area contributed by atoms with E-state index in [1.165, 1.54) is 0 Å². The van der Waals surface area contributed by atoms with Crippen LogP contribution in [0.4, 0.5) is 17.6 Å². The van der Waals surface area contributed by atoms with Crippen molar-refractivity contribution in [3.05, 3.63) is 35.1 Å². The second-order valence-electron chi connectivity index (χ2n) is 3.30. The molecule has 0 radical (unpaired) electrons. The SMILES string of the molecule is NCCC(O)c1cccc(C(F)(F)F)c1F. The molecule has 2 nitrogen and oxygen atoms in total. The van der Waals surface area contributed by atoms with E-state index in [1.54, 1.807) is 0 Å². The van der Waals surface area contributed by atoms with Gasteiger partial charge in [-0.15, -0.1) is 0 Å². The highest BCUT2D eigenvalue weighted by molar-refractivity contribution is 5.29. The molecule has 0 amide bonds. The highest BCUT2D eigenvalue weighted by Crippen LogP contribution is 2.34. The Morgan fingerprint density at radius 1 is 1.31 bits per heavy atom. The van der Waals surface area contributed by atoms with Crippen LogP contribution in [0.5, 0.6) is 0 Å². The molecule has 1 aromatic carbocycles. The quantitative estimate of drug-likeness (QED) is 0.792. The molecule has 1 aromatic rings. The van der Waals surface area contributed by atoms with Crippen molar-refractivity contribution in [3.63, 3.8) is 0 Å². The molecule has 0 fully saturated rings. The van der Waals surface area contributed by atoms with Crippen molar-refractivity contribution in [2.75, 3.05) is 6.54 Å².